The van der Waals surface area contributed by atoms with Crippen molar-refractivity contribution in [2.45, 2.75) is 32.2 Å². The van der Waals surface area contributed by atoms with Gasteiger partial charge in [0.2, 0.25) is 5.91 Å². The minimum absolute atomic E-state index is 0. The van der Waals surface area contributed by atoms with Gasteiger partial charge in [-0.05, 0) is 56.5 Å². The quantitative estimate of drug-likeness (QED) is 0.903. The number of likely N-dealkylation sites (tertiary alicyclic amines) is 1. The maximum atomic E-state index is 12.9. The number of nitrogens with one attached hydrogen (secondary N) is 1. The summed E-state index contributed by atoms with van der Waals surface area (Å²) in [5.41, 5.74) is 1.03. The molecular weight excluding hydrogens is 307 g/mol. The van der Waals surface area contributed by atoms with Crippen molar-refractivity contribution in [3.8, 4) is 0 Å². The second-order valence-electron chi connectivity index (χ2n) is 5.99. The number of piperidine rings is 2. The molecule has 3 nitrogen and oxygen atoms in total. The van der Waals surface area contributed by atoms with Crippen LogP contribution in [-0.4, -0.2) is 30.4 Å². The number of nitrogens with zero attached hydrogens (tertiary/aromatic N) is 1. The fourth-order valence-corrected chi connectivity index (χ4v) is 3.74. The maximum absolute atomic E-state index is 12.9. The molecule has 0 unspecified atom stereocenters. The Morgan fingerprint density at radius 1 is 1.24 bits per heavy atom. The molecular formula is C16H22Cl2N2O. The third kappa shape index (κ3) is 3.53. The minimum atomic E-state index is -0.0952. The first-order chi connectivity index (χ1) is 9.70. The number of carbonyl (C=O) groups is 1. The van der Waals surface area contributed by atoms with Crippen LogP contribution < -0.4 is 5.32 Å². The molecule has 0 bridgehead atoms. The summed E-state index contributed by atoms with van der Waals surface area (Å²) in [7, 11) is 0. The number of carbonyl (C=O) groups excluding carboxylic acids is 1. The lowest BCUT2D eigenvalue weighted by Gasteiger charge is -2.44. The van der Waals surface area contributed by atoms with E-state index in [-0.39, 0.29) is 17.8 Å². The SMILES string of the molecule is Cl.O=C1N(Cc2cccc(Cl)c2)CCCC12CCNCC2. The smallest absolute Gasteiger partial charge is 0.229 e. The highest BCUT2D eigenvalue weighted by atomic mass is 35.5. The van der Waals surface area contributed by atoms with E-state index in [9.17, 15) is 4.79 Å². The van der Waals surface area contributed by atoms with Crippen molar-refractivity contribution in [3.63, 3.8) is 0 Å². The number of rotatable bonds is 2. The van der Waals surface area contributed by atoms with Crippen LogP contribution in [0.5, 0.6) is 0 Å². The predicted octanol–water partition coefficient (Wildman–Crippen LogP) is 3.25. The predicted molar refractivity (Wildman–Crippen MR) is 87.9 cm³/mol. The Labute approximate surface area is 137 Å². The molecule has 116 valence electrons. The zero-order chi connectivity index (χ0) is 14.0. The van der Waals surface area contributed by atoms with Crippen molar-refractivity contribution < 1.29 is 4.79 Å². The average Bonchev–Trinajstić information content (AvgIpc) is 2.45. The molecule has 0 aliphatic carbocycles. The largest absolute Gasteiger partial charge is 0.338 e. The van der Waals surface area contributed by atoms with E-state index in [1.54, 1.807) is 0 Å². The number of benzene rings is 1. The number of hydrogen-bond donors (Lipinski definition) is 1. The van der Waals surface area contributed by atoms with E-state index in [0.29, 0.717) is 12.5 Å². The van der Waals surface area contributed by atoms with Crippen molar-refractivity contribution in [2.75, 3.05) is 19.6 Å². The first kappa shape index (κ1) is 16.6. The Kier molecular flexibility index (Phi) is 5.53. The van der Waals surface area contributed by atoms with Crippen molar-refractivity contribution in [2.24, 2.45) is 5.41 Å². The Balaban J connectivity index is 0.00000161. The van der Waals surface area contributed by atoms with Crippen LogP contribution in [0.25, 0.3) is 0 Å². The van der Waals surface area contributed by atoms with E-state index in [1.807, 2.05) is 29.2 Å². The molecule has 2 saturated heterocycles. The van der Waals surface area contributed by atoms with Crippen molar-refractivity contribution >= 4 is 29.9 Å². The van der Waals surface area contributed by atoms with Gasteiger partial charge in [0, 0.05) is 18.1 Å². The highest BCUT2D eigenvalue weighted by Crippen LogP contribution is 2.39. The van der Waals surface area contributed by atoms with Gasteiger partial charge in [0.05, 0.1) is 5.41 Å². The summed E-state index contributed by atoms with van der Waals surface area (Å²) in [5.74, 6) is 0.352. The van der Waals surface area contributed by atoms with Crippen LogP contribution in [-0.2, 0) is 11.3 Å². The second kappa shape index (κ2) is 6.99. The van der Waals surface area contributed by atoms with Crippen molar-refractivity contribution in [3.05, 3.63) is 34.9 Å². The van der Waals surface area contributed by atoms with Gasteiger partial charge in [-0.3, -0.25) is 4.79 Å². The standard InChI is InChI=1S/C16H21ClN2O.ClH/c17-14-4-1-3-13(11-14)12-19-10-2-5-16(15(19)20)6-8-18-9-7-16;/h1,3-4,11,18H,2,5-10,12H2;1H. The monoisotopic (exact) mass is 328 g/mol. The normalized spacial score (nSPS) is 21.2. The van der Waals surface area contributed by atoms with Crippen LogP contribution in [0.1, 0.15) is 31.2 Å². The molecule has 0 atom stereocenters. The molecule has 0 radical (unpaired) electrons. The molecule has 0 aromatic heterocycles. The second-order valence-corrected chi connectivity index (χ2v) is 6.43. The molecule has 3 rings (SSSR count). The molecule has 21 heavy (non-hydrogen) atoms. The van der Waals surface area contributed by atoms with Gasteiger partial charge < -0.3 is 10.2 Å². The summed E-state index contributed by atoms with van der Waals surface area (Å²) in [6.45, 7) is 3.50. The van der Waals surface area contributed by atoms with Crippen LogP contribution >= 0.6 is 24.0 Å². The van der Waals surface area contributed by atoms with Gasteiger partial charge in [0.25, 0.3) is 0 Å². The number of halogens is 2. The van der Waals surface area contributed by atoms with Crippen molar-refractivity contribution in [1.82, 2.24) is 10.2 Å². The van der Waals surface area contributed by atoms with Crippen LogP contribution in [0, 0.1) is 5.41 Å². The number of hydrogen-bond acceptors (Lipinski definition) is 2. The fourth-order valence-electron chi connectivity index (χ4n) is 3.53. The van der Waals surface area contributed by atoms with Gasteiger partial charge >= 0.3 is 0 Å². The highest BCUT2D eigenvalue weighted by Gasteiger charge is 2.44. The van der Waals surface area contributed by atoms with E-state index in [1.165, 1.54) is 0 Å². The van der Waals surface area contributed by atoms with Crippen LogP contribution in [0.3, 0.4) is 0 Å². The summed E-state index contributed by atoms with van der Waals surface area (Å²) in [6, 6.07) is 7.82. The third-order valence-electron chi connectivity index (χ3n) is 4.65. The van der Waals surface area contributed by atoms with Crippen LogP contribution in [0.4, 0.5) is 0 Å². The first-order valence-corrected chi connectivity index (χ1v) is 7.82. The van der Waals surface area contributed by atoms with Gasteiger partial charge in [-0.2, -0.15) is 0 Å². The van der Waals surface area contributed by atoms with Crippen molar-refractivity contribution in [1.29, 1.82) is 0 Å². The van der Waals surface area contributed by atoms with Gasteiger partial charge in [-0.1, -0.05) is 23.7 Å². The highest BCUT2D eigenvalue weighted by molar-refractivity contribution is 6.30. The number of amides is 1. The molecule has 1 aromatic carbocycles. The van der Waals surface area contributed by atoms with E-state index < -0.39 is 0 Å². The molecule has 1 amide bonds. The Morgan fingerprint density at radius 3 is 2.71 bits per heavy atom. The Hall–Kier alpha value is -0.770. The summed E-state index contributed by atoms with van der Waals surface area (Å²) < 4.78 is 0. The molecule has 2 fully saturated rings. The van der Waals surface area contributed by atoms with Gasteiger partial charge in [0.15, 0.2) is 0 Å². The van der Waals surface area contributed by atoms with Gasteiger partial charge in [-0.25, -0.2) is 0 Å². The van der Waals surface area contributed by atoms with Gasteiger partial charge in [-0.15, -0.1) is 12.4 Å². The average molecular weight is 329 g/mol. The topological polar surface area (TPSA) is 32.3 Å². The lowest BCUT2D eigenvalue weighted by Crippen LogP contribution is -2.52. The van der Waals surface area contributed by atoms with Crippen LogP contribution in [0.2, 0.25) is 5.02 Å². The molecule has 1 aromatic rings. The summed E-state index contributed by atoms with van der Waals surface area (Å²) in [5, 5.41) is 4.10. The fraction of sp³-hybridized carbons (Fsp3) is 0.562. The molecule has 1 N–H and O–H groups in total. The Morgan fingerprint density at radius 2 is 2.00 bits per heavy atom. The summed E-state index contributed by atoms with van der Waals surface area (Å²) in [4.78, 5) is 14.9. The molecule has 0 saturated carbocycles. The maximum Gasteiger partial charge on any atom is 0.229 e. The van der Waals surface area contributed by atoms with Crippen LogP contribution in [0.15, 0.2) is 24.3 Å². The first-order valence-electron chi connectivity index (χ1n) is 7.44. The van der Waals surface area contributed by atoms with E-state index >= 15 is 0 Å². The zero-order valence-corrected chi connectivity index (χ0v) is 13.7. The molecule has 2 aliphatic heterocycles. The van der Waals surface area contributed by atoms with E-state index in [2.05, 4.69) is 5.32 Å². The molecule has 5 heteroatoms. The Bertz CT molecular complexity index is 495. The zero-order valence-electron chi connectivity index (χ0n) is 12.1. The molecule has 2 aliphatic rings. The molecule has 2 heterocycles. The van der Waals surface area contributed by atoms with Gasteiger partial charge in [0.1, 0.15) is 0 Å². The summed E-state index contributed by atoms with van der Waals surface area (Å²) >= 11 is 6.03. The summed E-state index contributed by atoms with van der Waals surface area (Å²) in [6.07, 6.45) is 4.14. The van der Waals surface area contributed by atoms with E-state index in [4.69, 9.17) is 11.6 Å². The molecule has 1 spiro atoms. The third-order valence-corrected chi connectivity index (χ3v) is 4.88. The van der Waals surface area contributed by atoms with E-state index in [0.717, 1.165) is 55.9 Å². The lowest BCUT2D eigenvalue weighted by atomic mass is 9.72. The lowest BCUT2D eigenvalue weighted by molar-refractivity contribution is -0.149. The minimum Gasteiger partial charge on any atom is -0.338 e.